The number of nitrogens with zero attached hydrogens (tertiary/aromatic N) is 3. The van der Waals surface area contributed by atoms with Gasteiger partial charge >= 0.3 is 0 Å². The van der Waals surface area contributed by atoms with E-state index in [2.05, 4.69) is 26.1 Å². The lowest BCUT2D eigenvalue weighted by Gasteiger charge is -2.22. The van der Waals surface area contributed by atoms with Crippen LogP contribution in [0.1, 0.15) is 55.9 Å². The van der Waals surface area contributed by atoms with E-state index in [1.165, 1.54) is 0 Å². The third-order valence-corrected chi connectivity index (χ3v) is 4.38. The Balaban J connectivity index is 1.80. The van der Waals surface area contributed by atoms with Crippen molar-refractivity contribution in [2.45, 2.75) is 45.2 Å². The van der Waals surface area contributed by atoms with Crippen LogP contribution in [0, 0.1) is 0 Å². The van der Waals surface area contributed by atoms with Crippen LogP contribution in [0.5, 0.6) is 0 Å². The Morgan fingerprint density at radius 1 is 1.36 bits per heavy atom. The monoisotopic (exact) mass is 363 g/mol. The van der Waals surface area contributed by atoms with Gasteiger partial charge in [0.05, 0.1) is 0 Å². The van der Waals surface area contributed by atoms with Crippen LogP contribution in [0.3, 0.4) is 0 Å². The number of halogens is 1. The first kappa shape index (κ1) is 15.2. The van der Waals surface area contributed by atoms with Crippen molar-refractivity contribution in [2.75, 3.05) is 0 Å². The Hall–Kier alpha value is -1.69. The highest BCUT2D eigenvalue weighted by atomic mass is 79.9. The predicted octanol–water partition coefficient (Wildman–Crippen LogP) is 3.82. The number of hydrogen-bond acceptors (Lipinski definition) is 4. The van der Waals surface area contributed by atoms with Gasteiger partial charge in [-0.1, -0.05) is 47.1 Å². The second-order valence-corrected chi connectivity index (χ2v) is 6.76. The summed E-state index contributed by atoms with van der Waals surface area (Å²) in [6, 6.07) is 7.87. The Kier molecular flexibility index (Phi) is 4.29. The summed E-state index contributed by atoms with van der Waals surface area (Å²) in [5, 5.41) is 4.01. The van der Waals surface area contributed by atoms with Gasteiger partial charge in [-0.3, -0.25) is 4.79 Å². The minimum Gasteiger partial charge on any atom is -0.337 e. The fourth-order valence-electron chi connectivity index (χ4n) is 2.59. The molecule has 2 aromatic rings. The molecule has 3 rings (SSSR count). The topological polar surface area (TPSA) is 59.2 Å². The molecule has 1 saturated heterocycles. The SMILES string of the molecule is CC(C)c1noc(C2CCC(=O)N2Cc2ccc(Br)cc2)n1. The normalized spacial score (nSPS) is 18.5. The van der Waals surface area contributed by atoms with Crippen LogP contribution in [0.15, 0.2) is 33.3 Å². The van der Waals surface area contributed by atoms with E-state index in [0.717, 1.165) is 16.5 Å². The molecule has 22 heavy (non-hydrogen) atoms. The molecular formula is C16H18BrN3O2. The molecule has 1 fully saturated rings. The van der Waals surface area contributed by atoms with E-state index in [0.29, 0.717) is 24.7 Å². The van der Waals surface area contributed by atoms with Crippen LogP contribution in [0.4, 0.5) is 0 Å². The van der Waals surface area contributed by atoms with Gasteiger partial charge in [0.15, 0.2) is 5.82 Å². The van der Waals surface area contributed by atoms with Crippen molar-refractivity contribution in [1.29, 1.82) is 0 Å². The molecule has 1 unspecified atom stereocenters. The van der Waals surface area contributed by atoms with Crippen LogP contribution in [0.25, 0.3) is 0 Å². The maximum Gasteiger partial charge on any atom is 0.249 e. The lowest BCUT2D eigenvalue weighted by atomic mass is 10.1. The Labute approximate surface area is 137 Å². The standard InChI is InChI=1S/C16H18BrN3O2/c1-10(2)15-18-16(22-19-15)13-7-8-14(21)20(13)9-11-3-5-12(17)6-4-11/h3-6,10,13H,7-9H2,1-2H3. The van der Waals surface area contributed by atoms with Crippen LogP contribution in [-0.4, -0.2) is 20.9 Å². The van der Waals surface area contributed by atoms with Gasteiger partial charge in [0.1, 0.15) is 6.04 Å². The summed E-state index contributed by atoms with van der Waals surface area (Å²) >= 11 is 3.42. The number of benzene rings is 1. The number of carbonyl (C=O) groups is 1. The Morgan fingerprint density at radius 3 is 2.73 bits per heavy atom. The number of aromatic nitrogens is 2. The molecule has 1 aromatic heterocycles. The zero-order chi connectivity index (χ0) is 15.7. The molecule has 0 aliphatic carbocycles. The largest absolute Gasteiger partial charge is 0.337 e. The number of hydrogen-bond donors (Lipinski definition) is 0. The second kappa shape index (κ2) is 6.20. The fourth-order valence-corrected chi connectivity index (χ4v) is 2.86. The number of carbonyl (C=O) groups excluding carboxylic acids is 1. The summed E-state index contributed by atoms with van der Waals surface area (Å²) in [5.74, 6) is 1.59. The van der Waals surface area contributed by atoms with Gasteiger partial charge in [-0.2, -0.15) is 4.98 Å². The summed E-state index contributed by atoms with van der Waals surface area (Å²) in [7, 11) is 0. The van der Waals surface area contributed by atoms with Crippen molar-refractivity contribution in [2.24, 2.45) is 0 Å². The molecule has 0 N–H and O–H groups in total. The minimum atomic E-state index is -0.115. The van der Waals surface area contributed by atoms with Crippen molar-refractivity contribution in [3.05, 3.63) is 46.0 Å². The second-order valence-electron chi connectivity index (χ2n) is 5.85. The molecule has 0 radical (unpaired) electrons. The smallest absolute Gasteiger partial charge is 0.249 e. The van der Waals surface area contributed by atoms with Gasteiger partial charge in [-0.25, -0.2) is 0 Å². The summed E-state index contributed by atoms with van der Waals surface area (Å²) in [6.07, 6.45) is 1.26. The maximum atomic E-state index is 12.2. The van der Waals surface area contributed by atoms with E-state index < -0.39 is 0 Å². The van der Waals surface area contributed by atoms with Crippen molar-refractivity contribution < 1.29 is 9.32 Å². The molecule has 0 saturated carbocycles. The average Bonchev–Trinajstić information content (AvgIpc) is 3.09. The quantitative estimate of drug-likeness (QED) is 0.828. The molecule has 0 bridgehead atoms. The molecule has 116 valence electrons. The maximum absolute atomic E-state index is 12.2. The van der Waals surface area contributed by atoms with E-state index in [-0.39, 0.29) is 17.9 Å². The molecule has 1 amide bonds. The van der Waals surface area contributed by atoms with Crippen molar-refractivity contribution in [3.63, 3.8) is 0 Å². The summed E-state index contributed by atoms with van der Waals surface area (Å²) < 4.78 is 6.41. The number of likely N-dealkylation sites (tertiary alicyclic amines) is 1. The molecule has 1 aliphatic heterocycles. The van der Waals surface area contributed by atoms with E-state index in [4.69, 9.17) is 4.52 Å². The Bertz CT molecular complexity index is 666. The summed E-state index contributed by atoms with van der Waals surface area (Å²) in [5.41, 5.74) is 1.09. The highest BCUT2D eigenvalue weighted by Crippen LogP contribution is 2.33. The first-order valence-electron chi connectivity index (χ1n) is 7.42. The lowest BCUT2D eigenvalue weighted by molar-refractivity contribution is -0.129. The van der Waals surface area contributed by atoms with Gasteiger partial charge in [0.25, 0.3) is 0 Å². The van der Waals surface area contributed by atoms with Gasteiger partial charge in [0.2, 0.25) is 11.8 Å². The third-order valence-electron chi connectivity index (χ3n) is 3.85. The zero-order valence-electron chi connectivity index (χ0n) is 12.6. The number of amides is 1. The molecule has 2 heterocycles. The van der Waals surface area contributed by atoms with E-state index in [1.807, 2.05) is 43.0 Å². The molecule has 1 aromatic carbocycles. The first-order chi connectivity index (χ1) is 10.5. The fraction of sp³-hybridized carbons (Fsp3) is 0.438. The van der Waals surface area contributed by atoms with Crippen LogP contribution < -0.4 is 0 Å². The molecule has 5 nitrogen and oxygen atoms in total. The first-order valence-corrected chi connectivity index (χ1v) is 8.21. The molecule has 1 atom stereocenters. The predicted molar refractivity (Wildman–Crippen MR) is 85.1 cm³/mol. The van der Waals surface area contributed by atoms with Crippen molar-refractivity contribution in [3.8, 4) is 0 Å². The van der Waals surface area contributed by atoms with E-state index >= 15 is 0 Å². The molecular weight excluding hydrogens is 346 g/mol. The van der Waals surface area contributed by atoms with Gasteiger partial charge in [-0.05, 0) is 24.1 Å². The van der Waals surface area contributed by atoms with Crippen LogP contribution in [-0.2, 0) is 11.3 Å². The highest BCUT2D eigenvalue weighted by Gasteiger charge is 2.36. The van der Waals surface area contributed by atoms with Crippen LogP contribution in [0.2, 0.25) is 0 Å². The zero-order valence-corrected chi connectivity index (χ0v) is 14.2. The molecule has 0 spiro atoms. The highest BCUT2D eigenvalue weighted by molar-refractivity contribution is 9.10. The Morgan fingerprint density at radius 2 is 2.09 bits per heavy atom. The third kappa shape index (κ3) is 3.06. The van der Waals surface area contributed by atoms with Crippen molar-refractivity contribution >= 4 is 21.8 Å². The van der Waals surface area contributed by atoms with E-state index in [9.17, 15) is 4.79 Å². The van der Waals surface area contributed by atoms with Crippen LogP contribution >= 0.6 is 15.9 Å². The summed E-state index contributed by atoms with van der Waals surface area (Å²) in [6.45, 7) is 4.61. The van der Waals surface area contributed by atoms with Gasteiger partial charge < -0.3 is 9.42 Å². The van der Waals surface area contributed by atoms with Gasteiger partial charge in [-0.15, -0.1) is 0 Å². The van der Waals surface area contributed by atoms with E-state index in [1.54, 1.807) is 0 Å². The minimum absolute atomic E-state index is 0.115. The van der Waals surface area contributed by atoms with Gasteiger partial charge in [0, 0.05) is 23.4 Å². The lowest BCUT2D eigenvalue weighted by Crippen LogP contribution is -2.27. The average molecular weight is 364 g/mol. The summed E-state index contributed by atoms with van der Waals surface area (Å²) in [4.78, 5) is 18.5. The van der Waals surface area contributed by atoms with Crippen molar-refractivity contribution in [1.82, 2.24) is 15.0 Å². The molecule has 1 aliphatic rings. The number of rotatable bonds is 4. The molecule has 6 heteroatoms.